The van der Waals surface area contributed by atoms with E-state index in [1.165, 1.54) is 12.1 Å². The van der Waals surface area contributed by atoms with Gasteiger partial charge in [-0.15, -0.1) is 0 Å². The molecule has 2 atom stereocenters. The molecule has 3 nitrogen and oxygen atoms in total. The first-order valence-corrected chi connectivity index (χ1v) is 8.40. The van der Waals surface area contributed by atoms with E-state index in [4.69, 9.17) is 11.6 Å². The zero-order valence-electron chi connectivity index (χ0n) is 13.2. The second-order valence-corrected chi connectivity index (χ2v) is 6.62. The van der Waals surface area contributed by atoms with Gasteiger partial charge in [0.2, 0.25) is 0 Å². The van der Waals surface area contributed by atoms with Crippen LogP contribution in [0, 0.1) is 11.7 Å². The number of aliphatic carboxylic acids is 1. The second-order valence-electron chi connectivity index (χ2n) is 6.18. The van der Waals surface area contributed by atoms with Gasteiger partial charge in [-0.1, -0.05) is 35.9 Å². The van der Waals surface area contributed by atoms with Crippen LogP contribution in [-0.2, 0) is 4.79 Å². The molecule has 1 heterocycles. The van der Waals surface area contributed by atoms with Crippen LogP contribution in [-0.4, -0.2) is 29.1 Å². The molecule has 3 rings (SSSR count). The van der Waals surface area contributed by atoms with Crippen LogP contribution in [0.3, 0.4) is 0 Å². The molecule has 0 bridgehead atoms. The van der Waals surface area contributed by atoms with Crippen molar-refractivity contribution >= 4 is 17.6 Å². The fourth-order valence-corrected chi connectivity index (χ4v) is 3.61. The lowest BCUT2D eigenvalue weighted by Crippen LogP contribution is -2.41. The van der Waals surface area contributed by atoms with Gasteiger partial charge >= 0.3 is 5.97 Å². The Morgan fingerprint density at radius 3 is 2.58 bits per heavy atom. The number of hydrogen-bond acceptors (Lipinski definition) is 2. The Morgan fingerprint density at radius 1 is 1.21 bits per heavy atom. The van der Waals surface area contributed by atoms with Crippen molar-refractivity contribution in [3.05, 3.63) is 70.5 Å². The molecular formula is C19H19ClFNO2. The second kappa shape index (κ2) is 7.32. The van der Waals surface area contributed by atoms with Crippen molar-refractivity contribution < 1.29 is 14.3 Å². The molecule has 0 spiro atoms. The fourth-order valence-electron chi connectivity index (χ4n) is 3.41. The maximum Gasteiger partial charge on any atom is 0.307 e. The van der Waals surface area contributed by atoms with E-state index in [9.17, 15) is 14.3 Å². The van der Waals surface area contributed by atoms with Crippen LogP contribution in [0.15, 0.2) is 48.5 Å². The van der Waals surface area contributed by atoms with Gasteiger partial charge in [-0.2, -0.15) is 0 Å². The van der Waals surface area contributed by atoms with Crippen molar-refractivity contribution in [2.75, 3.05) is 13.1 Å². The molecule has 2 unspecified atom stereocenters. The lowest BCUT2D eigenvalue weighted by atomic mass is 9.91. The summed E-state index contributed by atoms with van der Waals surface area (Å²) >= 11 is 6.14. The maximum atomic E-state index is 13.8. The Hall–Kier alpha value is -1.91. The average Bonchev–Trinajstić information content (AvgIpc) is 2.55. The van der Waals surface area contributed by atoms with Crippen molar-refractivity contribution in [3.8, 4) is 0 Å². The van der Waals surface area contributed by atoms with Crippen LogP contribution in [0.2, 0.25) is 5.02 Å². The molecule has 0 aromatic heterocycles. The smallest absolute Gasteiger partial charge is 0.307 e. The molecule has 2 aromatic rings. The summed E-state index contributed by atoms with van der Waals surface area (Å²) in [5, 5.41) is 9.97. The Balaban J connectivity index is 2.00. The zero-order chi connectivity index (χ0) is 17.1. The summed E-state index contributed by atoms with van der Waals surface area (Å²) < 4.78 is 13.8. The average molecular weight is 348 g/mol. The van der Waals surface area contributed by atoms with E-state index in [0.29, 0.717) is 18.0 Å². The third kappa shape index (κ3) is 3.77. The van der Waals surface area contributed by atoms with Gasteiger partial charge in [-0.05, 0) is 54.8 Å². The molecule has 1 N–H and O–H groups in total. The lowest BCUT2D eigenvalue weighted by molar-refractivity contribution is -0.143. The molecule has 2 aromatic carbocycles. The highest BCUT2D eigenvalue weighted by Gasteiger charge is 2.31. The van der Waals surface area contributed by atoms with Crippen LogP contribution < -0.4 is 0 Å². The monoisotopic (exact) mass is 347 g/mol. The molecule has 5 heteroatoms. The van der Waals surface area contributed by atoms with Crippen molar-refractivity contribution in [2.45, 2.75) is 18.9 Å². The number of likely N-dealkylation sites (tertiary alicyclic amines) is 1. The van der Waals surface area contributed by atoms with Gasteiger partial charge in [0.1, 0.15) is 5.82 Å². The van der Waals surface area contributed by atoms with Gasteiger partial charge in [0.25, 0.3) is 0 Å². The minimum atomic E-state index is -0.774. The summed E-state index contributed by atoms with van der Waals surface area (Å²) in [6.07, 6.45) is 1.49. The predicted molar refractivity (Wildman–Crippen MR) is 91.6 cm³/mol. The van der Waals surface area contributed by atoms with E-state index < -0.39 is 11.9 Å². The number of halogens is 2. The maximum absolute atomic E-state index is 13.8. The fraction of sp³-hybridized carbons (Fsp3) is 0.316. The quantitative estimate of drug-likeness (QED) is 0.893. The van der Waals surface area contributed by atoms with E-state index >= 15 is 0 Å². The zero-order valence-corrected chi connectivity index (χ0v) is 13.9. The van der Waals surface area contributed by atoms with E-state index in [-0.39, 0.29) is 11.9 Å². The molecule has 126 valence electrons. The van der Waals surface area contributed by atoms with Crippen LogP contribution >= 0.6 is 11.6 Å². The molecule has 0 aliphatic carbocycles. The molecule has 0 amide bonds. The number of benzene rings is 2. The molecule has 1 fully saturated rings. The predicted octanol–water partition coefficient (Wildman–Crippen LogP) is 4.37. The minimum absolute atomic E-state index is 0.207. The highest BCUT2D eigenvalue weighted by Crippen LogP contribution is 2.33. The summed E-state index contributed by atoms with van der Waals surface area (Å²) in [4.78, 5) is 13.5. The van der Waals surface area contributed by atoms with Crippen LogP contribution in [0.25, 0.3) is 0 Å². The van der Waals surface area contributed by atoms with Gasteiger partial charge in [0.05, 0.1) is 12.0 Å². The third-order valence-corrected chi connectivity index (χ3v) is 4.73. The lowest BCUT2D eigenvalue weighted by Gasteiger charge is -2.37. The van der Waals surface area contributed by atoms with Crippen LogP contribution in [0.5, 0.6) is 0 Å². The van der Waals surface area contributed by atoms with Gasteiger partial charge in [-0.25, -0.2) is 4.39 Å². The first-order chi connectivity index (χ1) is 11.5. The minimum Gasteiger partial charge on any atom is -0.481 e. The summed E-state index contributed by atoms with van der Waals surface area (Å²) in [5.41, 5.74) is 1.75. The van der Waals surface area contributed by atoms with E-state index in [2.05, 4.69) is 4.90 Å². The highest BCUT2D eigenvalue weighted by atomic mass is 35.5. The SMILES string of the molecule is O=C(O)C1CCCN(C(c2cccc(F)c2)c2cccc(Cl)c2)C1. The Kier molecular flexibility index (Phi) is 5.17. The van der Waals surface area contributed by atoms with Gasteiger partial charge < -0.3 is 5.11 Å². The van der Waals surface area contributed by atoms with Crippen LogP contribution in [0.4, 0.5) is 4.39 Å². The highest BCUT2D eigenvalue weighted by molar-refractivity contribution is 6.30. The first kappa shape index (κ1) is 16.9. The van der Waals surface area contributed by atoms with E-state index in [0.717, 1.165) is 24.1 Å². The summed E-state index contributed by atoms with van der Waals surface area (Å²) in [5.74, 6) is -1.47. The molecule has 24 heavy (non-hydrogen) atoms. The Bertz CT molecular complexity index is 691. The van der Waals surface area contributed by atoms with Crippen molar-refractivity contribution in [1.29, 1.82) is 0 Å². The van der Waals surface area contributed by atoms with Crippen molar-refractivity contribution in [2.24, 2.45) is 5.92 Å². The number of hydrogen-bond donors (Lipinski definition) is 1. The van der Waals surface area contributed by atoms with Gasteiger partial charge in [-0.3, -0.25) is 9.69 Å². The normalized spacial score (nSPS) is 19.8. The van der Waals surface area contributed by atoms with Gasteiger partial charge in [0.15, 0.2) is 0 Å². The summed E-state index contributed by atoms with van der Waals surface area (Å²) in [7, 11) is 0. The number of carboxylic acid groups (broad SMARTS) is 1. The molecule has 1 aliphatic heterocycles. The number of piperidine rings is 1. The number of carboxylic acids is 1. The molecule has 1 saturated heterocycles. The summed E-state index contributed by atoms with van der Waals surface area (Å²) in [6.45, 7) is 1.22. The largest absolute Gasteiger partial charge is 0.481 e. The molecule has 0 radical (unpaired) electrons. The Morgan fingerprint density at radius 2 is 1.92 bits per heavy atom. The third-order valence-electron chi connectivity index (χ3n) is 4.50. The summed E-state index contributed by atoms with van der Waals surface area (Å²) in [6, 6.07) is 13.7. The molecular weight excluding hydrogens is 329 g/mol. The van der Waals surface area contributed by atoms with Gasteiger partial charge in [0, 0.05) is 11.6 Å². The van der Waals surface area contributed by atoms with E-state index in [1.807, 2.05) is 24.3 Å². The van der Waals surface area contributed by atoms with Crippen molar-refractivity contribution in [3.63, 3.8) is 0 Å². The molecule has 0 saturated carbocycles. The number of rotatable bonds is 4. The van der Waals surface area contributed by atoms with E-state index in [1.54, 1.807) is 12.1 Å². The molecule has 1 aliphatic rings. The van der Waals surface area contributed by atoms with Crippen molar-refractivity contribution in [1.82, 2.24) is 4.90 Å². The topological polar surface area (TPSA) is 40.5 Å². The van der Waals surface area contributed by atoms with Crippen LogP contribution in [0.1, 0.15) is 30.0 Å². The first-order valence-electron chi connectivity index (χ1n) is 8.02. The number of nitrogens with zero attached hydrogens (tertiary/aromatic N) is 1. The Labute approximate surface area is 145 Å². The number of carbonyl (C=O) groups is 1. The standard InChI is InChI=1S/C19H19ClFNO2/c20-16-7-1-4-13(10-16)18(14-5-2-8-17(21)11-14)22-9-3-6-15(12-22)19(23)24/h1-2,4-5,7-8,10-11,15,18H,3,6,9,12H2,(H,23,24).